The van der Waals surface area contributed by atoms with Crippen molar-refractivity contribution in [3.05, 3.63) is 0 Å². The van der Waals surface area contributed by atoms with Gasteiger partial charge in [-0.05, 0) is 12.8 Å². The van der Waals surface area contributed by atoms with Gasteiger partial charge in [0.15, 0.2) is 0 Å². The van der Waals surface area contributed by atoms with Gasteiger partial charge in [0.25, 0.3) is 0 Å². The summed E-state index contributed by atoms with van der Waals surface area (Å²) in [4.78, 5) is 24.8. The molecule has 0 aliphatic carbocycles. The number of urea groups is 1. The first-order valence-corrected chi connectivity index (χ1v) is 6.91. The van der Waals surface area contributed by atoms with Crippen molar-refractivity contribution in [1.29, 1.82) is 0 Å². The Morgan fingerprint density at radius 3 is 2.30 bits per heavy atom. The summed E-state index contributed by atoms with van der Waals surface area (Å²) in [7, 11) is 1.55. The molecule has 0 spiro atoms. The first-order chi connectivity index (χ1) is 9.51. The average Bonchev–Trinajstić information content (AvgIpc) is 2.42. The number of nitrogens with zero attached hydrogens (tertiary/aromatic N) is 1. The van der Waals surface area contributed by atoms with E-state index in [1.807, 2.05) is 13.8 Å². The van der Waals surface area contributed by atoms with Crippen molar-refractivity contribution in [2.45, 2.75) is 45.2 Å². The van der Waals surface area contributed by atoms with Crippen molar-refractivity contribution in [2.75, 3.05) is 26.9 Å². The first-order valence-electron chi connectivity index (χ1n) is 6.91. The fourth-order valence-corrected chi connectivity index (χ4v) is 1.99. The van der Waals surface area contributed by atoms with Crippen LogP contribution >= 0.6 is 0 Å². The smallest absolute Gasteiger partial charge is 0.326 e. The molecule has 0 rings (SSSR count). The summed E-state index contributed by atoms with van der Waals surface area (Å²) in [5.41, 5.74) is 0. The van der Waals surface area contributed by atoms with Crippen molar-refractivity contribution in [1.82, 2.24) is 10.2 Å². The van der Waals surface area contributed by atoms with Gasteiger partial charge in [-0.2, -0.15) is 0 Å². The second kappa shape index (κ2) is 10.4. The molecule has 3 N–H and O–H groups in total. The lowest BCUT2D eigenvalue weighted by molar-refractivity contribution is -0.139. The van der Waals surface area contributed by atoms with Crippen LogP contribution in [0.1, 0.15) is 33.1 Å². The highest BCUT2D eigenvalue weighted by Crippen LogP contribution is 2.09. The van der Waals surface area contributed by atoms with E-state index in [4.69, 9.17) is 14.9 Å². The molecule has 0 saturated heterocycles. The lowest BCUT2D eigenvalue weighted by Crippen LogP contribution is -2.52. The number of amides is 2. The molecule has 7 nitrogen and oxygen atoms in total. The Labute approximate surface area is 119 Å². The lowest BCUT2D eigenvalue weighted by Gasteiger charge is -2.31. The monoisotopic (exact) mass is 290 g/mol. The Bertz CT molecular complexity index is 294. The van der Waals surface area contributed by atoms with E-state index >= 15 is 0 Å². The van der Waals surface area contributed by atoms with Gasteiger partial charge in [-0.3, -0.25) is 0 Å². The van der Waals surface area contributed by atoms with Gasteiger partial charge in [0.05, 0.1) is 6.61 Å². The number of aliphatic carboxylic acids is 1. The zero-order chi connectivity index (χ0) is 15.5. The molecule has 1 atom stereocenters. The molecule has 7 heteroatoms. The summed E-state index contributed by atoms with van der Waals surface area (Å²) < 4.78 is 4.98. The normalized spacial score (nSPS) is 12.2. The van der Waals surface area contributed by atoms with Crippen molar-refractivity contribution in [3.63, 3.8) is 0 Å². The van der Waals surface area contributed by atoms with Gasteiger partial charge in [-0.1, -0.05) is 13.8 Å². The van der Waals surface area contributed by atoms with Crippen LogP contribution in [0.25, 0.3) is 0 Å². The summed E-state index contributed by atoms with van der Waals surface area (Å²) >= 11 is 0. The molecule has 0 radical (unpaired) electrons. The number of methoxy groups -OCH3 is 1. The number of aliphatic hydroxyl groups excluding tert-OH is 1. The molecule has 0 bridgehead atoms. The molecule has 0 aliphatic heterocycles. The number of ether oxygens (including phenoxy) is 1. The highest BCUT2D eigenvalue weighted by atomic mass is 16.5. The maximum Gasteiger partial charge on any atom is 0.326 e. The Morgan fingerprint density at radius 2 is 1.90 bits per heavy atom. The summed E-state index contributed by atoms with van der Waals surface area (Å²) in [6.07, 6.45) is 1.55. The van der Waals surface area contributed by atoms with Crippen molar-refractivity contribution >= 4 is 12.0 Å². The predicted molar refractivity (Wildman–Crippen MR) is 74.6 cm³/mol. The fraction of sp³-hybridized carbons (Fsp3) is 0.846. The summed E-state index contributed by atoms with van der Waals surface area (Å²) in [6.45, 7) is 4.45. The summed E-state index contributed by atoms with van der Waals surface area (Å²) in [5.74, 6) is -1.15. The fourth-order valence-electron chi connectivity index (χ4n) is 1.99. The van der Waals surface area contributed by atoms with E-state index in [9.17, 15) is 9.59 Å². The lowest BCUT2D eigenvalue weighted by atomic mass is 10.1. The average molecular weight is 290 g/mol. The molecule has 2 amide bonds. The minimum Gasteiger partial charge on any atom is -0.480 e. The van der Waals surface area contributed by atoms with Crippen LogP contribution in [0.3, 0.4) is 0 Å². The Hall–Kier alpha value is -1.34. The van der Waals surface area contributed by atoms with Crippen molar-refractivity contribution in [2.24, 2.45) is 0 Å². The predicted octanol–water partition coefficient (Wildman–Crippen LogP) is 0.669. The summed E-state index contributed by atoms with van der Waals surface area (Å²) in [5, 5.41) is 20.3. The zero-order valence-corrected chi connectivity index (χ0v) is 12.5. The second-order valence-electron chi connectivity index (χ2n) is 4.51. The molecular weight excluding hydrogens is 264 g/mol. The van der Waals surface area contributed by atoms with Gasteiger partial charge in [-0.25, -0.2) is 9.59 Å². The van der Waals surface area contributed by atoms with Crippen LogP contribution in [0.5, 0.6) is 0 Å². The standard InChI is InChI=1S/C13H26N2O5/c1-4-10(5-2)15(7-9-20-3)13(19)14-11(6-8-16)12(17)18/h10-11,16H,4-9H2,1-3H3,(H,14,19)(H,17,18)/t11-/m0/s1. The van der Waals surface area contributed by atoms with Crippen LogP contribution < -0.4 is 5.32 Å². The molecule has 118 valence electrons. The van der Waals surface area contributed by atoms with Gasteiger partial charge in [0.2, 0.25) is 0 Å². The number of carboxylic acid groups (broad SMARTS) is 1. The quantitative estimate of drug-likeness (QED) is 0.549. The van der Waals surface area contributed by atoms with E-state index in [0.29, 0.717) is 13.2 Å². The maximum atomic E-state index is 12.2. The number of carbonyl (C=O) groups is 2. The first kappa shape index (κ1) is 18.7. The molecule has 0 heterocycles. The number of hydrogen-bond acceptors (Lipinski definition) is 4. The highest BCUT2D eigenvalue weighted by Gasteiger charge is 2.25. The second-order valence-corrected chi connectivity index (χ2v) is 4.51. The number of hydrogen-bond donors (Lipinski definition) is 3. The van der Waals surface area contributed by atoms with Crippen LogP contribution in [0.2, 0.25) is 0 Å². The molecule has 0 aliphatic rings. The molecule has 0 unspecified atom stereocenters. The van der Waals surface area contributed by atoms with Crippen LogP contribution in [0.15, 0.2) is 0 Å². The van der Waals surface area contributed by atoms with E-state index in [0.717, 1.165) is 12.8 Å². The minimum atomic E-state index is -1.15. The molecule has 0 aromatic heterocycles. The SMILES string of the molecule is CCC(CC)N(CCOC)C(=O)N[C@@H](CCO)C(=O)O. The van der Waals surface area contributed by atoms with Crippen LogP contribution in [0.4, 0.5) is 4.79 Å². The van der Waals surface area contributed by atoms with Gasteiger partial charge < -0.3 is 25.2 Å². The Morgan fingerprint density at radius 1 is 1.30 bits per heavy atom. The van der Waals surface area contributed by atoms with E-state index in [1.54, 1.807) is 12.0 Å². The van der Waals surface area contributed by atoms with Crippen molar-refractivity contribution in [3.8, 4) is 0 Å². The van der Waals surface area contributed by atoms with E-state index in [-0.39, 0.29) is 19.1 Å². The van der Waals surface area contributed by atoms with E-state index in [1.165, 1.54) is 0 Å². The maximum absolute atomic E-state index is 12.2. The number of nitrogens with one attached hydrogen (secondary N) is 1. The largest absolute Gasteiger partial charge is 0.480 e. The number of carboxylic acids is 1. The van der Waals surface area contributed by atoms with E-state index in [2.05, 4.69) is 5.32 Å². The van der Waals surface area contributed by atoms with Gasteiger partial charge in [-0.15, -0.1) is 0 Å². The number of carbonyl (C=O) groups excluding carboxylic acids is 1. The molecule has 0 aromatic rings. The van der Waals surface area contributed by atoms with Crippen molar-refractivity contribution < 1.29 is 24.5 Å². The number of rotatable bonds is 10. The van der Waals surface area contributed by atoms with Crippen LogP contribution in [-0.2, 0) is 9.53 Å². The third-order valence-electron chi connectivity index (χ3n) is 3.19. The molecule has 0 fully saturated rings. The molecule has 20 heavy (non-hydrogen) atoms. The zero-order valence-electron chi connectivity index (χ0n) is 12.5. The van der Waals surface area contributed by atoms with E-state index < -0.39 is 18.0 Å². The van der Waals surface area contributed by atoms with Crippen LogP contribution in [-0.4, -0.2) is 66.1 Å². The molecule has 0 saturated carbocycles. The molecular formula is C13H26N2O5. The Balaban J connectivity index is 4.78. The number of aliphatic hydroxyl groups is 1. The van der Waals surface area contributed by atoms with Gasteiger partial charge in [0.1, 0.15) is 6.04 Å². The highest BCUT2D eigenvalue weighted by molar-refractivity contribution is 5.82. The third-order valence-corrected chi connectivity index (χ3v) is 3.19. The minimum absolute atomic E-state index is 0.0118. The third kappa shape index (κ3) is 6.21. The van der Waals surface area contributed by atoms with Gasteiger partial charge >= 0.3 is 12.0 Å². The molecule has 0 aromatic carbocycles. The topological polar surface area (TPSA) is 99.1 Å². The van der Waals surface area contributed by atoms with Crippen LogP contribution in [0, 0.1) is 0 Å². The Kier molecular flexibility index (Phi) is 9.75. The van der Waals surface area contributed by atoms with Gasteiger partial charge in [0, 0.05) is 32.7 Å². The summed E-state index contributed by atoms with van der Waals surface area (Å²) in [6, 6.07) is -1.47.